The molecule has 0 aliphatic carbocycles. The van der Waals surface area contributed by atoms with Gasteiger partial charge in [0.1, 0.15) is 0 Å². The van der Waals surface area contributed by atoms with Gasteiger partial charge < -0.3 is 4.90 Å². The van der Waals surface area contributed by atoms with Gasteiger partial charge in [0.25, 0.3) is 0 Å². The molecule has 3 heteroatoms. The van der Waals surface area contributed by atoms with Crippen LogP contribution in [0.4, 0.5) is 0 Å². The van der Waals surface area contributed by atoms with Crippen molar-refractivity contribution >= 4 is 5.91 Å². The molecule has 0 bridgehead atoms. The molecule has 0 unspecified atom stereocenters. The van der Waals surface area contributed by atoms with E-state index in [0.717, 1.165) is 24.1 Å². The van der Waals surface area contributed by atoms with E-state index >= 15 is 0 Å². The molecule has 1 amide bonds. The minimum Gasteiger partial charge on any atom is -0.332 e. The molecule has 1 aromatic heterocycles. The lowest BCUT2D eigenvalue weighted by Crippen LogP contribution is -2.24. The molecule has 0 N–H and O–H groups in total. The van der Waals surface area contributed by atoms with E-state index in [1.54, 1.807) is 17.3 Å². The van der Waals surface area contributed by atoms with E-state index in [2.05, 4.69) is 16.8 Å². The Bertz CT molecular complexity index is 456. The highest BCUT2D eigenvalue weighted by Crippen LogP contribution is 2.08. The maximum Gasteiger partial charge on any atom is 0.223 e. The molecule has 0 atom stereocenters. The SMILES string of the molecule is Cc1ccncc1C#CCN1CCCC1=O. The molecular weight excluding hydrogens is 200 g/mol. The second kappa shape index (κ2) is 4.80. The topological polar surface area (TPSA) is 33.2 Å². The summed E-state index contributed by atoms with van der Waals surface area (Å²) in [5.74, 6) is 6.30. The van der Waals surface area contributed by atoms with Crippen LogP contribution in [-0.4, -0.2) is 28.9 Å². The van der Waals surface area contributed by atoms with Crippen LogP contribution in [0.3, 0.4) is 0 Å². The first kappa shape index (κ1) is 10.7. The molecule has 1 aliphatic heterocycles. The average molecular weight is 214 g/mol. The zero-order valence-corrected chi connectivity index (χ0v) is 9.36. The van der Waals surface area contributed by atoms with Crippen molar-refractivity contribution in [1.29, 1.82) is 0 Å². The molecule has 1 aromatic rings. The predicted octanol–water partition coefficient (Wildman–Crippen LogP) is 1.36. The second-order valence-electron chi connectivity index (χ2n) is 3.91. The first-order valence-electron chi connectivity index (χ1n) is 5.44. The van der Waals surface area contributed by atoms with Crippen LogP contribution in [0, 0.1) is 18.8 Å². The zero-order valence-electron chi connectivity index (χ0n) is 9.36. The third-order valence-corrected chi connectivity index (χ3v) is 2.70. The van der Waals surface area contributed by atoms with Gasteiger partial charge in [0, 0.05) is 30.9 Å². The van der Waals surface area contributed by atoms with Crippen molar-refractivity contribution in [2.45, 2.75) is 19.8 Å². The van der Waals surface area contributed by atoms with Crippen molar-refractivity contribution in [2.24, 2.45) is 0 Å². The number of likely N-dealkylation sites (tertiary alicyclic amines) is 1. The van der Waals surface area contributed by atoms with Gasteiger partial charge in [-0.25, -0.2) is 0 Å². The molecule has 2 heterocycles. The Morgan fingerprint density at radius 2 is 2.44 bits per heavy atom. The molecule has 16 heavy (non-hydrogen) atoms. The van der Waals surface area contributed by atoms with Crippen LogP contribution in [0.1, 0.15) is 24.0 Å². The summed E-state index contributed by atoms with van der Waals surface area (Å²) in [5.41, 5.74) is 2.06. The summed E-state index contributed by atoms with van der Waals surface area (Å²) in [6, 6.07) is 1.94. The molecule has 1 aliphatic rings. The number of hydrogen-bond acceptors (Lipinski definition) is 2. The summed E-state index contributed by atoms with van der Waals surface area (Å²) >= 11 is 0. The van der Waals surface area contributed by atoms with E-state index in [1.807, 2.05) is 13.0 Å². The minimum atomic E-state index is 0.220. The molecule has 1 saturated heterocycles. The number of nitrogens with zero attached hydrogens (tertiary/aromatic N) is 2. The van der Waals surface area contributed by atoms with Gasteiger partial charge in [-0.15, -0.1) is 0 Å². The molecule has 0 aromatic carbocycles. The highest BCUT2D eigenvalue weighted by atomic mass is 16.2. The second-order valence-corrected chi connectivity index (χ2v) is 3.91. The van der Waals surface area contributed by atoms with Gasteiger partial charge in [-0.1, -0.05) is 11.8 Å². The maximum atomic E-state index is 11.3. The Hall–Kier alpha value is -1.82. The van der Waals surface area contributed by atoms with E-state index in [9.17, 15) is 4.79 Å². The quantitative estimate of drug-likeness (QED) is 0.661. The summed E-state index contributed by atoms with van der Waals surface area (Å²) < 4.78 is 0. The lowest BCUT2D eigenvalue weighted by atomic mass is 10.2. The normalized spacial score (nSPS) is 14.8. The molecule has 0 spiro atoms. The van der Waals surface area contributed by atoms with E-state index in [4.69, 9.17) is 0 Å². The number of amides is 1. The largest absolute Gasteiger partial charge is 0.332 e. The summed E-state index contributed by atoms with van der Waals surface area (Å²) in [4.78, 5) is 17.2. The molecular formula is C13H14N2O. The number of rotatable bonds is 1. The molecule has 0 radical (unpaired) electrons. The van der Waals surface area contributed by atoms with E-state index < -0.39 is 0 Å². The maximum absolute atomic E-state index is 11.3. The summed E-state index contributed by atoms with van der Waals surface area (Å²) in [7, 11) is 0. The number of aryl methyl sites for hydroxylation is 1. The van der Waals surface area contributed by atoms with Crippen molar-refractivity contribution in [2.75, 3.05) is 13.1 Å². The monoisotopic (exact) mass is 214 g/mol. The summed E-state index contributed by atoms with van der Waals surface area (Å²) in [6.45, 7) is 3.39. The third kappa shape index (κ3) is 2.40. The van der Waals surface area contributed by atoms with Gasteiger partial charge in [0.2, 0.25) is 5.91 Å². The van der Waals surface area contributed by atoms with E-state index in [1.165, 1.54) is 0 Å². The highest BCUT2D eigenvalue weighted by molar-refractivity contribution is 5.78. The van der Waals surface area contributed by atoms with Crippen molar-refractivity contribution in [3.8, 4) is 11.8 Å². The average Bonchev–Trinajstić information content (AvgIpc) is 2.67. The first-order valence-corrected chi connectivity index (χ1v) is 5.44. The first-order chi connectivity index (χ1) is 7.77. The van der Waals surface area contributed by atoms with Crippen LogP contribution in [-0.2, 0) is 4.79 Å². The number of aromatic nitrogens is 1. The van der Waals surface area contributed by atoms with Crippen LogP contribution in [0.15, 0.2) is 18.5 Å². The van der Waals surface area contributed by atoms with Gasteiger partial charge in [0.05, 0.1) is 6.54 Å². The highest BCUT2D eigenvalue weighted by Gasteiger charge is 2.18. The fourth-order valence-corrected chi connectivity index (χ4v) is 1.70. The Morgan fingerprint density at radius 1 is 1.56 bits per heavy atom. The lowest BCUT2D eigenvalue weighted by Gasteiger charge is -2.09. The van der Waals surface area contributed by atoms with Gasteiger partial charge in [-0.3, -0.25) is 9.78 Å². The lowest BCUT2D eigenvalue weighted by molar-refractivity contribution is -0.127. The van der Waals surface area contributed by atoms with Gasteiger partial charge in [-0.2, -0.15) is 0 Å². The molecule has 1 fully saturated rings. The van der Waals surface area contributed by atoms with Gasteiger partial charge in [-0.05, 0) is 25.0 Å². The molecule has 3 nitrogen and oxygen atoms in total. The van der Waals surface area contributed by atoms with Crippen molar-refractivity contribution < 1.29 is 4.79 Å². The van der Waals surface area contributed by atoms with Gasteiger partial charge in [0.15, 0.2) is 0 Å². The molecule has 0 saturated carbocycles. The summed E-state index contributed by atoms with van der Waals surface area (Å²) in [6.07, 6.45) is 5.15. The van der Waals surface area contributed by atoms with Crippen LogP contribution >= 0.6 is 0 Å². The van der Waals surface area contributed by atoms with Gasteiger partial charge >= 0.3 is 0 Å². The van der Waals surface area contributed by atoms with Crippen LogP contribution < -0.4 is 0 Å². The smallest absolute Gasteiger partial charge is 0.223 e. The molecule has 82 valence electrons. The number of carbonyl (C=O) groups excluding carboxylic acids is 1. The van der Waals surface area contributed by atoms with E-state index in [-0.39, 0.29) is 5.91 Å². The van der Waals surface area contributed by atoms with Crippen LogP contribution in [0.2, 0.25) is 0 Å². The van der Waals surface area contributed by atoms with E-state index in [0.29, 0.717) is 13.0 Å². The minimum absolute atomic E-state index is 0.220. The summed E-state index contributed by atoms with van der Waals surface area (Å²) in [5, 5.41) is 0. The number of carbonyl (C=O) groups is 1. The number of pyridine rings is 1. The zero-order chi connectivity index (χ0) is 11.4. The Morgan fingerprint density at radius 3 is 3.12 bits per heavy atom. The number of hydrogen-bond donors (Lipinski definition) is 0. The van der Waals surface area contributed by atoms with Crippen molar-refractivity contribution in [3.63, 3.8) is 0 Å². The van der Waals surface area contributed by atoms with Crippen LogP contribution in [0.5, 0.6) is 0 Å². The van der Waals surface area contributed by atoms with Crippen LogP contribution in [0.25, 0.3) is 0 Å². The predicted molar refractivity (Wildman–Crippen MR) is 61.7 cm³/mol. The van der Waals surface area contributed by atoms with Crippen molar-refractivity contribution in [1.82, 2.24) is 9.88 Å². The fourth-order valence-electron chi connectivity index (χ4n) is 1.70. The Kier molecular flexibility index (Phi) is 3.21. The van der Waals surface area contributed by atoms with Crippen molar-refractivity contribution in [3.05, 3.63) is 29.6 Å². The Labute approximate surface area is 95.5 Å². The standard InChI is InChI=1S/C13H14N2O/c1-11-6-7-14-10-12(11)4-2-8-15-9-3-5-13(15)16/h6-7,10H,3,5,8-9H2,1H3. The molecule has 2 rings (SSSR count). The third-order valence-electron chi connectivity index (χ3n) is 2.70. The Balaban J connectivity index is 2.00. The fraction of sp³-hybridized carbons (Fsp3) is 0.385.